The average Bonchev–Trinajstić information content (AvgIpc) is 2.47. The summed E-state index contributed by atoms with van der Waals surface area (Å²) >= 11 is 2.87. The Morgan fingerprint density at radius 2 is 1.58 bits per heavy atom. The van der Waals surface area contributed by atoms with Crippen LogP contribution in [0.3, 0.4) is 0 Å². The molecule has 0 unspecified atom stereocenters. The predicted molar refractivity (Wildman–Crippen MR) is 92.2 cm³/mol. The number of halogens is 4. The first-order chi connectivity index (χ1) is 11.0. The molecule has 2 aromatic carbocycles. The van der Waals surface area contributed by atoms with E-state index in [4.69, 9.17) is 0 Å². The van der Waals surface area contributed by atoms with Gasteiger partial charge in [0.15, 0.2) is 0 Å². The van der Waals surface area contributed by atoms with Gasteiger partial charge < -0.3 is 5.32 Å². The van der Waals surface area contributed by atoms with Crippen LogP contribution in [0.2, 0.25) is 0 Å². The zero-order valence-electron chi connectivity index (χ0n) is 13.5. The van der Waals surface area contributed by atoms with Crippen LogP contribution in [-0.4, -0.2) is 5.91 Å². The number of alkyl halides is 3. The summed E-state index contributed by atoms with van der Waals surface area (Å²) in [6.45, 7) is 6.17. The third-order valence-corrected chi connectivity index (χ3v) is 4.23. The number of amides is 1. The second-order valence-electron chi connectivity index (χ2n) is 6.47. The topological polar surface area (TPSA) is 29.1 Å². The summed E-state index contributed by atoms with van der Waals surface area (Å²) in [5, 5.41) is 2.50. The van der Waals surface area contributed by atoms with Gasteiger partial charge in [-0.1, -0.05) is 48.8 Å². The Balaban J connectivity index is 2.21. The Bertz CT molecular complexity index is 746. The van der Waals surface area contributed by atoms with E-state index in [2.05, 4.69) is 42.0 Å². The molecular weight excluding hydrogens is 383 g/mol. The van der Waals surface area contributed by atoms with Gasteiger partial charge in [-0.3, -0.25) is 4.79 Å². The molecule has 0 saturated heterocycles. The first-order valence-electron chi connectivity index (χ1n) is 7.27. The van der Waals surface area contributed by atoms with Crippen molar-refractivity contribution in [1.29, 1.82) is 0 Å². The molecule has 1 N–H and O–H groups in total. The van der Waals surface area contributed by atoms with Crippen molar-refractivity contribution >= 4 is 27.5 Å². The van der Waals surface area contributed by atoms with Gasteiger partial charge in [0.1, 0.15) is 0 Å². The number of anilines is 1. The maximum absolute atomic E-state index is 12.9. The normalized spacial score (nSPS) is 12.1. The standard InChI is InChI=1S/C18H17BrF3NO/c1-17(2,3)12-6-4-11(5-7-12)16(24)23-13-8-9-15(19)14(10-13)18(20,21)22/h4-10H,1-3H3,(H,23,24). The van der Waals surface area contributed by atoms with Gasteiger partial charge in [-0.15, -0.1) is 0 Å². The molecule has 0 radical (unpaired) electrons. The maximum atomic E-state index is 12.9. The number of nitrogens with one attached hydrogen (secondary N) is 1. The maximum Gasteiger partial charge on any atom is 0.417 e. The highest BCUT2D eigenvalue weighted by molar-refractivity contribution is 9.10. The molecule has 0 saturated carbocycles. The van der Waals surface area contributed by atoms with E-state index in [0.29, 0.717) is 5.56 Å². The van der Waals surface area contributed by atoms with Gasteiger partial charge in [-0.2, -0.15) is 13.2 Å². The molecule has 24 heavy (non-hydrogen) atoms. The summed E-state index contributed by atoms with van der Waals surface area (Å²) in [6.07, 6.45) is -4.49. The average molecular weight is 400 g/mol. The van der Waals surface area contributed by atoms with E-state index in [-0.39, 0.29) is 15.6 Å². The Kier molecular flexibility index (Phi) is 5.08. The van der Waals surface area contributed by atoms with Crippen molar-refractivity contribution in [2.75, 3.05) is 5.32 Å². The van der Waals surface area contributed by atoms with Crippen molar-refractivity contribution in [1.82, 2.24) is 0 Å². The highest BCUT2D eigenvalue weighted by Crippen LogP contribution is 2.36. The van der Waals surface area contributed by atoms with Gasteiger partial charge in [0, 0.05) is 15.7 Å². The molecular formula is C18H17BrF3NO. The molecule has 0 bridgehead atoms. The molecule has 2 rings (SSSR count). The third-order valence-electron chi connectivity index (χ3n) is 3.54. The van der Waals surface area contributed by atoms with Crippen LogP contribution in [0.1, 0.15) is 42.3 Å². The van der Waals surface area contributed by atoms with E-state index in [1.807, 2.05) is 12.1 Å². The number of carbonyl (C=O) groups excluding carboxylic acids is 1. The van der Waals surface area contributed by atoms with E-state index in [0.717, 1.165) is 11.6 Å². The number of hydrogen-bond donors (Lipinski definition) is 1. The van der Waals surface area contributed by atoms with Crippen LogP contribution in [0.5, 0.6) is 0 Å². The number of carbonyl (C=O) groups is 1. The molecule has 0 aliphatic rings. The molecule has 0 aliphatic carbocycles. The van der Waals surface area contributed by atoms with Crippen LogP contribution in [0.15, 0.2) is 46.9 Å². The second kappa shape index (κ2) is 6.59. The molecule has 128 valence electrons. The number of benzene rings is 2. The fourth-order valence-corrected chi connectivity index (χ4v) is 2.62. The quantitative estimate of drug-likeness (QED) is 0.657. The minimum atomic E-state index is -4.49. The van der Waals surface area contributed by atoms with Crippen molar-refractivity contribution in [3.63, 3.8) is 0 Å². The Hall–Kier alpha value is -1.82. The van der Waals surface area contributed by atoms with E-state index >= 15 is 0 Å². The van der Waals surface area contributed by atoms with Crippen LogP contribution in [-0.2, 0) is 11.6 Å². The molecule has 1 amide bonds. The lowest BCUT2D eigenvalue weighted by molar-refractivity contribution is -0.138. The molecule has 0 spiro atoms. The Morgan fingerprint density at radius 3 is 2.08 bits per heavy atom. The minimum Gasteiger partial charge on any atom is -0.322 e. The highest BCUT2D eigenvalue weighted by atomic mass is 79.9. The summed E-state index contributed by atoms with van der Waals surface area (Å²) < 4.78 is 38.6. The third kappa shape index (κ3) is 4.38. The Labute approximate surface area is 147 Å². The molecule has 2 nitrogen and oxygen atoms in total. The zero-order valence-corrected chi connectivity index (χ0v) is 15.0. The lowest BCUT2D eigenvalue weighted by atomic mass is 9.87. The summed E-state index contributed by atoms with van der Waals surface area (Å²) in [5.41, 5.74) is 0.683. The van der Waals surface area contributed by atoms with E-state index in [9.17, 15) is 18.0 Å². The largest absolute Gasteiger partial charge is 0.417 e. The molecule has 0 heterocycles. The van der Waals surface area contributed by atoms with E-state index < -0.39 is 17.6 Å². The summed E-state index contributed by atoms with van der Waals surface area (Å²) in [6, 6.07) is 10.6. The van der Waals surface area contributed by atoms with Gasteiger partial charge in [-0.25, -0.2) is 0 Å². The van der Waals surface area contributed by atoms with Crippen molar-refractivity contribution in [2.24, 2.45) is 0 Å². The predicted octanol–water partition coefficient (Wildman–Crippen LogP) is 6.02. The minimum absolute atomic E-state index is 0.0394. The fraction of sp³-hybridized carbons (Fsp3) is 0.278. The lowest BCUT2D eigenvalue weighted by Gasteiger charge is -2.19. The smallest absolute Gasteiger partial charge is 0.322 e. The zero-order chi connectivity index (χ0) is 18.1. The van der Waals surface area contributed by atoms with Crippen LogP contribution in [0.25, 0.3) is 0 Å². The molecule has 0 atom stereocenters. The first-order valence-corrected chi connectivity index (χ1v) is 8.06. The van der Waals surface area contributed by atoms with Gasteiger partial charge in [0.25, 0.3) is 5.91 Å². The van der Waals surface area contributed by atoms with Crippen molar-refractivity contribution in [3.05, 3.63) is 63.6 Å². The number of rotatable bonds is 2. The Morgan fingerprint density at radius 1 is 1.00 bits per heavy atom. The van der Waals surface area contributed by atoms with Crippen LogP contribution < -0.4 is 5.32 Å². The van der Waals surface area contributed by atoms with Crippen molar-refractivity contribution in [3.8, 4) is 0 Å². The first kappa shape index (κ1) is 18.5. The van der Waals surface area contributed by atoms with E-state index in [1.54, 1.807) is 12.1 Å². The molecule has 0 fully saturated rings. The summed E-state index contributed by atoms with van der Waals surface area (Å²) in [7, 11) is 0. The van der Waals surface area contributed by atoms with Crippen LogP contribution >= 0.6 is 15.9 Å². The second-order valence-corrected chi connectivity index (χ2v) is 7.33. The molecule has 6 heteroatoms. The van der Waals surface area contributed by atoms with Crippen LogP contribution in [0, 0.1) is 0 Å². The molecule has 2 aromatic rings. The number of hydrogen-bond acceptors (Lipinski definition) is 1. The highest BCUT2D eigenvalue weighted by Gasteiger charge is 2.33. The summed E-state index contributed by atoms with van der Waals surface area (Å²) in [4.78, 5) is 12.2. The lowest BCUT2D eigenvalue weighted by Crippen LogP contribution is -2.15. The van der Waals surface area contributed by atoms with Gasteiger partial charge in [0.05, 0.1) is 5.56 Å². The van der Waals surface area contributed by atoms with Gasteiger partial charge >= 0.3 is 6.18 Å². The van der Waals surface area contributed by atoms with Crippen molar-refractivity contribution in [2.45, 2.75) is 32.4 Å². The molecule has 0 aliphatic heterocycles. The molecule has 0 aromatic heterocycles. The SMILES string of the molecule is CC(C)(C)c1ccc(C(=O)Nc2ccc(Br)c(C(F)(F)F)c2)cc1. The van der Waals surface area contributed by atoms with Gasteiger partial charge in [0.2, 0.25) is 0 Å². The monoisotopic (exact) mass is 399 g/mol. The van der Waals surface area contributed by atoms with E-state index in [1.165, 1.54) is 12.1 Å². The fourth-order valence-electron chi connectivity index (χ4n) is 2.15. The van der Waals surface area contributed by atoms with Crippen LogP contribution in [0.4, 0.5) is 18.9 Å². The summed E-state index contributed by atoms with van der Waals surface area (Å²) in [5.74, 6) is -0.453. The van der Waals surface area contributed by atoms with Crippen molar-refractivity contribution < 1.29 is 18.0 Å². The van der Waals surface area contributed by atoms with Gasteiger partial charge in [-0.05, 0) is 41.3 Å².